The van der Waals surface area contributed by atoms with Crippen molar-refractivity contribution in [1.82, 2.24) is 10.2 Å². The molecule has 1 fully saturated rings. The van der Waals surface area contributed by atoms with Gasteiger partial charge in [-0.2, -0.15) is 0 Å². The van der Waals surface area contributed by atoms with E-state index in [1.165, 1.54) is 25.1 Å². The Morgan fingerprint density at radius 2 is 1.81 bits per heavy atom. The van der Waals surface area contributed by atoms with Crippen LogP contribution >= 0.6 is 0 Å². The Labute approximate surface area is 217 Å². The number of hydrogen-bond acceptors (Lipinski definition) is 7. The number of phenolic OH excluding ortho intramolecular Hbond substituents is 1. The van der Waals surface area contributed by atoms with Crippen LogP contribution in [0.3, 0.4) is 0 Å². The lowest BCUT2D eigenvalue weighted by molar-refractivity contribution is -0.114. The van der Waals surface area contributed by atoms with E-state index < -0.39 is 21.7 Å². The molecule has 0 saturated carbocycles. The second-order valence-corrected chi connectivity index (χ2v) is 11.6. The standard InChI is InChI=1S/C25H35N5O6S/c1-17(31)27-19-6-8-20(9-7-19)30-14-13-29(24(30)34)12-11-25(2,3)26-16-23(33)18-5-10-22(32)21(15-18)28-37(4,35)36/h5-10,15,23,26,28,32-33H,11-14,16H2,1-4H3,(H,27,31). The molecule has 1 aliphatic heterocycles. The molecule has 1 saturated heterocycles. The van der Waals surface area contributed by atoms with Gasteiger partial charge in [-0.15, -0.1) is 0 Å². The molecule has 11 nitrogen and oxygen atoms in total. The van der Waals surface area contributed by atoms with Gasteiger partial charge in [0.2, 0.25) is 15.9 Å². The monoisotopic (exact) mass is 533 g/mol. The maximum atomic E-state index is 12.9. The summed E-state index contributed by atoms with van der Waals surface area (Å²) >= 11 is 0. The van der Waals surface area contributed by atoms with E-state index in [2.05, 4.69) is 15.4 Å². The molecule has 0 bridgehead atoms. The second-order valence-electron chi connectivity index (χ2n) is 9.83. The number of urea groups is 1. The van der Waals surface area contributed by atoms with Gasteiger partial charge in [0.25, 0.3) is 0 Å². The molecule has 3 rings (SSSR count). The molecule has 3 amide bonds. The summed E-state index contributed by atoms with van der Waals surface area (Å²) in [6.07, 6.45) is 0.676. The smallest absolute Gasteiger partial charge is 0.324 e. The van der Waals surface area contributed by atoms with Crippen LogP contribution in [0.1, 0.15) is 38.9 Å². The molecule has 1 aliphatic rings. The Balaban J connectivity index is 1.52. The topological polar surface area (TPSA) is 151 Å². The summed E-state index contributed by atoms with van der Waals surface area (Å²) in [6.45, 7) is 7.27. The van der Waals surface area contributed by atoms with E-state index in [9.17, 15) is 28.2 Å². The van der Waals surface area contributed by atoms with Gasteiger partial charge < -0.3 is 25.7 Å². The van der Waals surface area contributed by atoms with Crippen LogP contribution in [0, 0.1) is 0 Å². The van der Waals surface area contributed by atoms with Crippen LogP contribution in [-0.4, -0.2) is 73.4 Å². The molecule has 1 unspecified atom stereocenters. The van der Waals surface area contributed by atoms with Crippen LogP contribution in [0.2, 0.25) is 0 Å². The van der Waals surface area contributed by atoms with Gasteiger partial charge in [0, 0.05) is 50.0 Å². The third-order valence-electron chi connectivity index (χ3n) is 6.08. The number of phenols is 1. The second kappa shape index (κ2) is 11.4. The Bertz CT molecular complexity index is 1230. The number of sulfonamides is 1. The number of aliphatic hydroxyl groups excluding tert-OH is 1. The minimum Gasteiger partial charge on any atom is -0.506 e. The summed E-state index contributed by atoms with van der Waals surface area (Å²) < 4.78 is 25.2. The fourth-order valence-corrected chi connectivity index (χ4v) is 4.56. The van der Waals surface area contributed by atoms with Gasteiger partial charge in [0.15, 0.2) is 0 Å². The Hall–Kier alpha value is -3.35. The minimum absolute atomic E-state index is 0.000153. The number of aliphatic hydroxyl groups is 1. The van der Waals surface area contributed by atoms with E-state index in [1.807, 2.05) is 13.8 Å². The van der Waals surface area contributed by atoms with E-state index >= 15 is 0 Å². The van der Waals surface area contributed by atoms with Gasteiger partial charge in [-0.1, -0.05) is 6.07 Å². The summed E-state index contributed by atoms with van der Waals surface area (Å²) in [5.41, 5.74) is 1.48. The number of carbonyl (C=O) groups is 2. The number of nitrogens with one attached hydrogen (secondary N) is 3. The molecule has 0 radical (unpaired) electrons. The lowest BCUT2D eigenvalue weighted by atomic mass is 9.99. The summed E-state index contributed by atoms with van der Waals surface area (Å²) in [7, 11) is -3.58. The van der Waals surface area contributed by atoms with Gasteiger partial charge in [-0.25, -0.2) is 13.2 Å². The molecule has 0 aromatic heterocycles. The molecule has 5 N–H and O–H groups in total. The van der Waals surface area contributed by atoms with Crippen molar-refractivity contribution < 1.29 is 28.2 Å². The van der Waals surface area contributed by atoms with Gasteiger partial charge in [0.05, 0.1) is 18.0 Å². The molecule has 37 heavy (non-hydrogen) atoms. The molecule has 1 atom stereocenters. The number of aromatic hydroxyl groups is 1. The summed E-state index contributed by atoms with van der Waals surface area (Å²) in [5, 5.41) is 26.5. The summed E-state index contributed by atoms with van der Waals surface area (Å²) in [5.74, 6) is -0.389. The van der Waals surface area contributed by atoms with Crippen LogP contribution in [0.5, 0.6) is 5.75 Å². The molecular formula is C25H35N5O6S. The van der Waals surface area contributed by atoms with E-state index in [0.29, 0.717) is 37.3 Å². The quantitative estimate of drug-likeness (QED) is 0.278. The highest BCUT2D eigenvalue weighted by Gasteiger charge is 2.31. The third-order valence-corrected chi connectivity index (χ3v) is 6.67. The van der Waals surface area contributed by atoms with E-state index in [-0.39, 0.29) is 29.9 Å². The van der Waals surface area contributed by atoms with Crippen molar-refractivity contribution in [2.45, 2.75) is 38.8 Å². The van der Waals surface area contributed by atoms with Crippen molar-refractivity contribution in [1.29, 1.82) is 0 Å². The predicted octanol–water partition coefficient (Wildman–Crippen LogP) is 2.46. The lowest BCUT2D eigenvalue weighted by Gasteiger charge is -2.30. The predicted molar refractivity (Wildman–Crippen MR) is 143 cm³/mol. The zero-order valence-corrected chi connectivity index (χ0v) is 22.3. The van der Waals surface area contributed by atoms with E-state index in [1.54, 1.807) is 34.1 Å². The number of anilines is 3. The number of nitrogens with zero attached hydrogens (tertiary/aromatic N) is 2. The zero-order valence-electron chi connectivity index (χ0n) is 21.5. The van der Waals surface area contributed by atoms with Crippen LogP contribution in [0.25, 0.3) is 0 Å². The normalized spacial score (nSPS) is 15.1. The van der Waals surface area contributed by atoms with Gasteiger partial charge in [0.1, 0.15) is 5.75 Å². The number of hydrogen-bond donors (Lipinski definition) is 5. The highest BCUT2D eigenvalue weighted by atomic mass is 32.2. The first-order valence-electron chi connectivity index (χ1n) is 11.9. The molecule has 1 heterocycles. The Morgan fingerprint density at radius 3 is 2.43 bits per heavy atom. The molecule has 202 valence electrons. The van der Waals surface area contributed by atoms with Crippen LogP contribution < -0.4 is 20.3 Å². The average molecular weight is 534 g/mol. The highest BCUT2D eigenvalue weighted by Crippen LogP contribution is 2.28. The van der Waals surface area contributed by atoms with E-state index in [4.69, 9.17) is 0 Å². The summed E-state index contributed by atoms with van der Waals surface area (Å²) in [6, 6.07) is 11.3. The number of β-amino-alcohol motifs (C(OH)–C–C–N with tert-alkyl or cyclic N) is 1. The molecule has 2 aromatic carbocycles. The molecule has 0 aliphatic carbocycles. The van der Waals surface area contributed by atoms with Crippen molar-refractivity contribution in [3.63, 3.8) is 0 Å². The Kier molecular flexibility index (Phi) is 8.67. The van der Waals surface area contributed by atoms with Crippen LogP contribution in [0.4, 0.5) is 21.9 Å². The van der Waals surface area contributed by atoms with Gasteiger partial charge in [-0.3, -0.25) is 14.4 Å². The number of carbonyl (C=O) groups excluding carboxylic acids is 2. The highest BCUT2D eigenvalue weighted by molar-refractivity contribution is 7.92. The maximum absolute atomic E-state index is 12.9. The zero-order chi connectivity index (χ0) is 27.4. The minimum atomic E-state index is -3.58. The molecular weight excluding hydrogens is 498 g/mol. The largest absolute Gasteiger partial charge is 0.506 e. The fourth-order valence-electron chi connectivity index (χ4n) is 3.99. The SMILES string of the molecule is CC(=O)Nc1ccc(N2CCN(CCC(C)(C)NCC(O)c3ccc(O)c(NS(C)(=O)=O)c3)C2=O)cc1. The summed E-state index contributed by atoms with van der Waals surface area (Å²) in [4.78, 5) is 27.6. The van der Waals surface area contributed by atoms with Crippen molar-refractivity contribution in [3.8, 4) is 5.75 Å². The van der Waals surface area contributed by atoms with Gasteiger partial charge in [-0.05, 0) is 62.2 Å². The average Bonchev–Trinajstić information content (AvgIpc) is 3.17. The van der Waals surface area contributed by atoms with Crippen molar-refractivity contribution >= 4 is 39.0 Å². The first kappa shape index (κ1) is 28.2. The van der Waals surface area contributed by atoms with Crippen LogP contribution in [-0.2, 0) is 14.8 Å². The third kappa shape index (κ3) is 8.07. The van der Waals surface area contributed by atoms with Crippen molar-refractivity contribution in [2.24, 2.45) is 0 Å². The fraction of sp³-hybridized carbons (Fsp3) is 0.440. The number of benzene rings is 2. The molecule has 12 heteroatoms. The molecule has 2 aromatic rings. The number of amides is 3. The van der Waals surface area contributed by atoms with Crippen LogP contribution in [0.15, 0.2) is 42.5 Å². The van der Waals surface area contributed by atoms with Crippen molar-refractivity contribution in [2.75, 3.05) is 47.4 Å². The Morgan fingerprint density at radius 1 is 1.14 bits per heavy atom. The molecule has 0 spiro atoms. The van der Waals surface area contributed by atoms with Crippen molar-refractivity contribution in [3.05, 3.63) is 48.0 Å². The van der Waals surface area contributed by atoms with E-state index in [0.717, 1.165) is 11.9 Å². The first-order valence-corrected chi connectivity index (χ1v) is 13.8. The first-order chi connectivity index (χ1) is 17.2. The maximum Gasteiger partial charge on any atom is 0.324 e. The lowest BCUT2D eigenvalue weighted by Crippen LogP contribution is -2.44. The van der Waals surface area contributed by atoms with Gasteiger partial charge >= 0.3 is 6.03 Å². The number of rotatable bonds is 11.